The van der Waals surface area contributed by atoms with Crippen LogP contribution in [0.1, 0.15) is 22.0 Å². The van der Waals surface area contributed by atoms with Gasteiger partial charge in [-0.05, 0) is 65.3 Å². The molecule has 18 heavy (non-hydrogen) atoms. The van der Waals surface area contributed by atoms with E-state index in [1.54, 1.807) is 11.3 Å². The van der Waals surface area contributed by atoms with Crippen molar-refractivity contribution >= 4 is 38.9 Å². The van der Waals surface area contributed by atoms with Gasteiger partial charge in [0.1, 0.15) is 0 Å². The zero-order chi connectivity index (χ0) is 13.1. The molecular formula is C14H15BrClNS. The molecule has 0 aliphatic heterocycles. The van der Waals surface area contributed by atoms with Crippen molar-refractivity contribution in [3.8, 4) is 0 Å². The van der Waals surface area contributed by atoms with E-state index in [-0.39, 0.29) is 0 Å². The number of aryl methyl sites for hydroxylation is 1. The number of thiophene rings is 1. The molecule has 0 aliphatic rings. The number of benzene rings is 1. The molecule has 1 nitrogen and oxygen atoms in total. The molecule has 2 aromatic rings. The lowest BCUT2D eigenvalue weighted by Gasteiger charge is -2.17. The Kier molecular flexibility index (Phi) is 4.84. The zero-order valence-electron chi connectivity index (χ0n) is 10.3. The van der Waals surface area contributed by atoms with E-state index in [2.05, 4.69) is 46.4 Å². The van der Waals surface area contributed by atoms with Gasteiger partial charge in [0.15, 0.2) is 0 Å². The maximum Gasteiger partial charge on any atom is 0.0701 e. The molecule has 96 valence electrons. The fourth-order valence-electron chi connectivity index (χ4n) is 2.02. The zero-order valence-corrected chi connectivity index (χ0v) is 13.5. The highest BCUT2D eigenvalue weighted by Crippen LogP contribution is 2.28. The van der Waals surface area contributed by atoms with E-state index in [9.17, 15) is 0 Å². The summed E-state index contributed by atoms with van der Waals surface area (Å²) in [5.41, 5.74) is 2.44. The first-order valence-corrected chi connectivity index (χ1v) is 7.76. The van der Waals surface area contributed by atoms with Crippen LogP contribution in [0.3, 0.4) is 0 Å². The van der Waals surface area contributed by atoms with Gasteiger partial charge < -0.3 is 5.32 Å². The van der Waals surface area contributed by atoms with E-state index in [0.717, 1.165) is 11.4 Å². The maximum absolute atomic E-state index is 6.13. The highest BCUT2D eigenvalue weighted by atomic mass is 79.9. The molecule has 2 rings (SSSR count). The summed E-state index contributed by atoms with van der Waals surface area (Å²) in [6.07, 6.45) is 0.979. The van der Waals surface area contributed by atoms with Crippen LogP contribution in [0.5, 0.6) is 0 Å². The van der Waals surface area contributed by atoms with Crippen molar-refractivity contribution in [3.63, 3.8) is 0 Å². The summed E-state index contributed by atoms with van der Waals surface area (Å²) in [6.45, 7) is 2.07. The molecule has 0 fully saturated rings. The average Bonchev–Trinajstić information content (AvgIpc) is 2.70. The largest absolute Gasteiger partial charge is 0.313 e. The predicted octanol–water partition coefficient (Wildman–Crippen LogP) is 4.98. The van der Waals surface area contributed by atoms with E-state index < -0.39 is 0 Å². The minimum Gasteiger partial charge on any atom is -0.313 e. The molecule has 1 N–H and O–H groups in total. The van der Waals surface area contributed by atoms with Crippen molar-refractivity contribution in [1.29, 1.82) is 0 Å². The van der Waals surface area contributed by atoms with Crippen LogP contribution in [0.4, 0.5) is 0 Å². The normalized spacial score (nSPS) is 12.7. The van der Waals surface area contributed by atoms with Gasteiger partial charge in [0.25, 0.3) is 0 Å². The van der Waals surface area contributed by atoms with Gasteiger partial charge in [-0.15, -0.1) is 11.3 Å². The second-order valence-electron chi connectivity index (χ2n) is 4.31. The number of likely N-dealkylation sites (N-methyl/N-ethyl adjacent to an activating group) is 1. The summed E-state index contributed by atoms with van der Waals surface area (Å²) in [6, 6.07) is 10.8. The van der Waals surface area contributed by atoms with Gasteiger partial charge in [-0.3, -0.25) is 0 Å². The quantitative estimate of drug-likeness (QED) is 0.825. The second-order valence-corrected chi connectivity index (χ2v) is 7.30. The minimum atomic E-state index is 0.299. The van der Waals surface area contributed by atoms with Crippen molar-refractivity contribution in [2.45, 2.75) is 19.4 Å². The maximum atomic E-state index is 6.13. The Balaban J connectivity index is 2.22. The van der Waals surface area contributed by atoms with Gasteiger partial charge in [0.05, 0.1) is 3.79 Å². The molecule has 0 spiro atoms. The van der Waals surface area contributed by atoms with Gasteiger partial charge >= 0.3 is 0 Å². The first kappa shape index (κ1) is 14.1. The SMILES string of the molecule is CNC(Cc1ccc(Br)s1)c1cc(C)cc(Cl)c1. The first-order valence-electron chi connectivity index (χ1n) is 5.77. The molecule has 1 heterocycles. The molecule has 1 aromatic heterocycles. The molecule has 1 unspecified atom stereocenters. The van der Waals surface area contributed by atoms with Gasteiger partial charge in [-0.25, -0.2) is 0 Å². The van der Waals surface area contributed by atoms with Gasteiger partial charge in [0, 0.05) is 22.4 Å². The summed E-state index contributed by atoms with van der Waals surface area (Å²) < 4.78 is 1.18. The monoisotopic (exact) mass is 343 g/mol. The van der Waals surface area contributed by atoms with E-state index in [0.29, 0.717) is 6.04 Å². The Morgan fingerprint density at radius 1 is 1.33 bits per heavy atom. The third kappa shape index (κ3) is 3.58. The van der Waals surface area contributed by atoms with Gasteiger partial charge in [-0.2, -0.15) is 0 Å². The third-order valence-corrected chi connectivity index (χ3v) is 4.71. The number of halogens is 2. The lowest BCUT2D eigenvalue weighted by molar-refractivity contribution is 0.596. The van der Waals surface area contributed by atoms with E-state index >= 15 is 0 Å². The minimum absolute atomic E-state index is 0.299. The highest BCUT2D eigenvalue weighted by molar-refractivity contribution is 9.11. The topological polar surface area (TPSA) is 12.0 Å². The average molecular weight is 345 g/mol. The van der Waals surface area contributed by atoms with Crippen molar-refractivity contribution in [1.82, 2.24) is 5.32 Å². The summed E-state index contributed by atoms with van der Waals surface area (Å²) in [5.74, 6) is 0. The third-order valence-electron chi connectivity index (χ3n) is 2.85. The number of rotatable bonds is 4. The van der Waals surface area contributed by atoms with Gasteiger partial charge in [-0.1, -0.05) is 17.7 Å². The van der Waals surface area contributed by atoms with Crippen LogP contribution in [-0.4, -0.2) is 7.05 Å². The number of hydrogen-bond donors (Lipinski definition) is 1. The Labute approximate surface area is 125 Å². The lowest BCUT2D eigenvalue weighted by atomic mass is 10.0. The predicted molar refractivity (Wildman–Crippen MR) is 83.7 cm³/mol. The molecular weight excluding hydrogens is 330 g/mol. The van der Waals surface area contributed by atoms with Crippen LogP contribution in [0.2, 0.25) is 5.02 Å². The Bertz CT molecular complexity index is 518. The molecule has 0 saturated carbocycles. The molecule has 0 amide bonds. The van der Waals surface area contributed by atoms with E-state index in [1.165, 1.54) is 19.8 Å². The van der Waals surface area contributed by atoms with E-state index in [4.69, 9.17) is 11.6 Å². The van der Waals surface area contributed by atoms with Crippen molar-refractivity contribution in [3.05, 3.63) is 55.1 Å². The number of hydrogen-bond acceptors (Lipinski definition) is 2. The van der Waals surface area contributed by atoms with Crippen LogP contribution in [0.15, 0.2) is 34.1 Å². The van der Waals surface area contributed by atoms with E-state index in [1.807, 2.05) is 19.2 Å². The fourth-order valence-corrected chi connectivity index (χ4v) is 3.84. The Hall–Kier alpha value is -0.350. The summed E-state index contributed by atoms with van der Waals surface area (Å²) in [4.78, 5) is 1.36. The standard InChI is InChI=1S/C14H15BrClNS/c1-9-5-10(7-11(16)6-9)13(17-2)8-12-3-4-14(15)18-12/h3-7,13,17H,8H2,1-2H3. The first-order chi connectivity index (χ1) is 8.58. The summed E-state index contributed by atoms with van der Waals surface area (Å²) in [5, 5.41) is 4.17. The lowest BCUT2D eigenvalue weighted by Crippen LogP contribution is -2.18. The van der Waals surface area contributed by atoms with Crippen molar-refractivity contribution in [2.24, 2.45) is 0 Å². The Morgan fingerprint density at radius 3 is 2.67 bits per heavy atom. The molecule has 0 bridgehead atoms. The molecule has 4 heteroatoms. The number of nitrogens with one attached hydrogen (secondary N) is 1. The molecule has 0 aliphatic carbocycles. The molecule has 1 aromatic carbocycles. The Morgan fingerprint density at radius 2 is 2.11 bits per heavy atom. The summed E-state index contributed by atoms with van der Waals surface area (Å²) in [7, 11) is 1.99. The van der Waals surface area contributed by atoms with Gasteiger partial charge in [0.2, 0.25) is 0 Å². The highest BCUT2D eigenvalue weighted by Gasteiger charge is 2.12. The fraction of sp³-hybridized carbons (Fsp3) is 0.286. The van der Waals surface area contributed by atoms with Crippen molar-refractivity contribution < 1.29 is 0 Å². The summed E-state index contributed by atoms with van der Waals surface area (Å²) >= 11 is 11.4. The van der Waals surface area contributed by atoms with Crippen LogP contribution >= 0.6 is 38.9 Å². The van der Waals surface area contributed by atoms with Crippen LogP contribution in [0, 0.1) is 6.92 Å². The molecule has 0 radical (unpaired) electrons. The van der Waals surface area contributed by atoms with Crippen molar-refractivity contribution in [2.75, 3.05) is 7.05 Å². The molecule has 1 atom stereocenters. The second kappa shape index (κ2) is 6.20. The van der Waals surface area contributed by atoms with Crippen LogP contribution in [-0.2, 0) is 6.42 Å². The van der Waals surface area contributed by atoms with Crippen LogP contribution in [0.25, 0.3) is 0 Å². The molecule has 0 saturated heterocycles. The van der Waals surface area contributed by atoms with Crippen LogP contribution < -0.4 is 5.32 Å². The smallest absolute Gasteiger partial charge is 0.0701 e.